The molecule has 2 aromatic rings. The molecule has 0 bridgehead atoms. The number of benzene rings is 1. The molecule has 1 amide bonds. The van der Waals surface area contributed by atoms with Gasteiger partial charge in [0.1, 0.15) is 0 Å². The van der Waals surface area contributed by atoms with Gasteiger partial charge in [0.05, 0.1) is 16.8 Å². The van der Waals surface area contributed by atoms with E-state index in [1.165, 1.54) is 36.7 Å². The molecule has 2 saturated heterocycles. The van der Waals surface area contributed by atoms with Gasteiger partial charge in [0.15, 0.2) is 4.32 Å². The Morgan fingerprint density at radius 1 is 1.04 bits per heavy atom. The van der Waals surface area contributed by atoms with Crippen LogP contribution in [0.3, 0.4) is 0 Å². The summed E-state index contributed by atoms with van der Waals surface area (Å²) in [5.74, 6) is -0.0897. The van der Waals surface area contributed by atoms with E-state index in [1.54, 1.807) is 23.4 Å². The van der Waals surface area contributed by atoms with Crippen LogP contribution in [0.25, 0.3) is 6.08 Å². The molecule has 3 heterocycles. The standard InChI is InChI=1S/C20H19N3OS2/c24-19-18(26-20(25)23(19)17-5-4-10-21-14-17)13-15-6-8-16(9-7-15)22-11-2-1-3-12-22/h4-10,13-14H,1-3,11-12H2/b18-13-. The smallest absolute Gasteiger partial charge is 0.270 e. The molecule has 0 spiro atoms. The van der Waals surface area contributed by atoms with Gasteiger partial charge in [0, 0.05) is 25.0 Å². The predicted octanol–water partition coefficient (Wildman–Crippen LogP) is 4.48. The van der Waals surface area contributed by atoms with Crippen LogP contribution in [0.2, 0.25) is 0 Å². The number of pyridine rings is 1. The second-order valence-electron chi connectivity index (χ2n) is 6.37. The molecule has 0 unspecified atom stereocenters. The van der Waals surface area contributed by atoms with Crippen molar-refractivity contribution in [3.8, 4) is 0 Å². The van der Waals surface area contributed by atoms with Gasteiger partial charge in [-0.25, -0.2) is 0 Å². The first-order valence-electron chi connectivity index (χ1n) is 8.75. The number of anilines is 2. The van der Waals surface area contributed by atoms with Crippen LogP contribution in [0.5, 0.6) is 0 Å². The van der Waals surface area contributed by atoms with Crippen molar-refractivity contribution in [3.63, 3.8) is 0 Å². The van der Waals surface area contributed by atoms with Crippen molar-refractivity contribution in [1.29, 1.82) is 0 Å². The first-order valence-corrected chi connectivity index (χ1v) is 9.98. The Morgan fingerprint density at radius 3 is 2.50 bits per heavy atom. The lowest BCUT2D eigenvalue weighted by Crippen LogP contribution is -2.29. The number of hydrogen-bond acceptors (Lipinski definition) is 5. The van der Waals surface area contributed by atoms with Crippen LogP contribution in [0.15, 0.2) is 53.7 Å². The molecule has 0 atom stereocenters. The fraction of sp³-hybridized carbons (Fsp3) is 0.250. The Kier molecular flexibility index (Phi) is 5.04. The maximum Gasteiger partial charge on any atom is 0.270 e. The number of thiocarbonyl (C=S) groups is 1. The predicted molar refractivity (Wildman–Crippen MR) is 112 cm³/mol. The van der Waals surface area contributed by atoms with Crippen LogP contribution in [-0.4, -0.2) is 28.3 Å². The Labute approximate surface area is 162 Å². The first-order chi connectivity index (χ1) is 12.7. The zero-order valence-electron chi connectivity index (χ0n) is 14.3. The SMILES string of the molecule is O=C1/C(=C/c2ccc(N3CCCCC3)cc2)SC(=S)N1c1cccnc1. The number of hydrogen-bond donors (Lipinski definition) is 0. The van der Waals surface area contributed by atoms with E-state index in [2.05, 4.69) is 34.1 Å². The van der Waals surface area contributed by atoms with Crippen LogP contribution < -0.4 is 9.80 Å². The minimum Gasteiger partial charge on any atom is -0.372 e. The first kappa shape index (κ1) is 17.2. The summed E-state index contributed by atoms with van der Waals surface area (Å²) in [6, 6.07) is 12.1. The van der Waals surface area contributed by atoms with E-state index in [-0.39, 0.29) is 5.91 Å². The van der Waals surface area contributed by atoms with Crippen LogP contribution in [0, 0.1) is 0 Å². The Bertz CT molecular complexity index is 843. The van der Waals surface area contributed by atoms with E-state index in [0.717, 1.165) is 18.7 Å². The van der Waals surface area contributed by atoms with Crippen molar-refractivity contribution in [2.45, 2.75) is 19.3 Å². The molecular formula is C20H19N3OS2. The largest absolute Gasteiger partial charge is 0.372 e. The molecule has 4 nitrogen and oxygen atoms in total. The molecule has 26 heavy (non-hydrogen) atoms. The number of thioether (sulfide) groups is 1. The third-order valence-electron chi connectivity index (χ3n) is 4.61. The van der Waals surface area contributed by atoms with Crippen molar-refractivity contribution in [2.24, 2.45) is 0 Å². The van der Waals surface area contributed by atoms with Crippen LogP contribution in [-0.2, 0) is 4.79 Å². The molecule has 0 saturated carbocycles. The average Bonchev–Trinajstić information content (AvgIpc) is 2.97. The summed E-state index contributed by atoms with van der Waals surface area (Å²) in [5, 5.41) is 0. The van der Waals surface area contributed by atoms with Crippen molar-refractivity contribution in [1.82, 2.24) is 4.98 Å². The van der Waals surface area contributed by atoms with Gasteiger partial charge < -0.3 is 4.90 Å². The summed E-state index contributed by atoms with van der Waals surface area (Å²) in [6.45, 7) is 2.26. The topological polar surface area (TPSA) is 36.4 Å². The zero-order chi connectivity index (χ0) is 17.9. The van der Waals surface area contributed by atoms with E-state index in [0.29, 0.717) is 14.9 Å². The quantitative estimate of drug-likeness (QED) is 0.579. The van der Waals surface area contributed by atoms with Gasteiger partial charge in [-0.1, -0.05) is 36.1 Å². The van der Waals surface area contributed by atoms with Gasteiger partial charge in [-0.15, -0.1) is 0 Å². The van der Waals surface area contributed by atoms with Crippen LogP contribution in [0.1, 0.15) is 24.8 Å². The third kappa shape index (κ3) is 3.52. The maximum absolute atomic E-state index is 12.7. The number of nitrogens with zero attached hydrogens (tertiary/aromatic N) is 3. The van der Waals surface area contributed by atoms with Gasteiger partial charge in [0.25, 0.3) is 5.91 Å². The lowest BCUT2D eigenvalue weighted by Gasteiger charge is -2.28. The number of rotatable bonds is 3. The molecule has 6 heteroatoms. The lowest BCUT2D eigenvalue weighted by molar-refractivity contribution is -0.113. The molecule has 2 fully saturated rings. The number of piperidine rings is 1. The zero-order valence-corrected chi connectivity index (χ0v) is 15.9. The highest BCUT2D eigenvalue weighted by Gasteiger charge is 2.33. The van der Waals surface area contributed by atoms with Crippen molar-refractivity contribution >= 4 is 51.7 Å². The molecular weight excluding hydrogens is 362 g/mol. The number of carbonyl (C=O) groups excluding carboxylic acids is 1. The molecule has 1 aromatic heterocycles. The second-order valence-corrected chi connectivity index (χ2v) is 8.04. The van der Waals surface area contributed by atoms with E-state index < -0.39 is 0 Å². The lowest BCUT2D eigenvalue weighted by atomic mass is 10.1. The normalized spacial score (nSPS) is 19.5. The molecule has 4 rings (SSSR count). The number of amides is 1. The molecule has 1 aromatic carbocycles. The minimum atomic E-state index is -0.0897. The van der Waals surface area contributed by atoms with E-state index >= 15 is 0 Å². The van der Waals surface area contributed by atoms with Crippen molar-refractivity contribution in [3.05, 3.63) is 59.3 Å². The average molecular weight is 382 g/mol. The second kappa shape index (κ2) is 7.60. The highest BCUT2D eigenvalue weighted by atomic mass is 32.2. The van der Waals surface area contributed by atoms with Gasteiger partial charge in [-0.3, -0.25) is 14.7 Å². The maximum atomic E-state index is 12.7. The summed E-state index contributed by atoms with van der Waals surface area (Å²) in [4.78, 5) is 21.4. The highest BCUT2D eigenvalue weighted by molar-refractivity contribution is 8.27. The minimum absolute atomic E-state index is 0.0897. The Morgan fingerprint density at radius 2 is 1.81 bits per heavy atom. The van der Waals surface area contributed by atoms with E-state index in [1.807, 2.05) is 12.1 Å². The third-order valence-corrected chi connectivity index (χ3v) is 5.91. The molecule has 132 valence electrons. The fourth-order valence-electron chi connectivity index (χ4n) is 3.26. The summed E-state index contributed by atoms with van der Waals surface area (Å²) >= 11 is 6.73. The number of aromatic nitrogens is 1. The molecule has 0 aliphatic carbocycles. The summed E-state index contributed by atoms with van der Waals surface area (Å²) in [5.41, 5.74) is 2.97. The van der Waals surface area contributed by atoms with Crippen LogP contribution in [0.4, 0.5) is 11.4 Å². The van der Waals surface area contributed by atoms with Crippen molar-refractivity contribution in [2.75, 3.05) is 22.9 Å². The molecule has 2 aliphatic rings. The van der Waals surface area contributed by atoms with Gasteiger partial charge in [-0.2, -0.15) is 0 Å². The fourth-order valence-corrected chi connectivity index (χ4v) is 4.56. The number of carbonyl (C=O) groups is 1. The van der Waals surface area contributed by atoms with Gasteiger partial charge in [-0.05, 0) is 55.2 Å². The van der Waals surface area contributed by atoms with Crippen molar-refractivity contribution < 1.29 is 4.79 Å². The molecule has 2 aliphatic heterocycles. The Balaban J connectivity index is 1.53. The van der Waals surface area contributed by atoms with Gasteiger partial charge >= 0.3 is 0 Å². The van der Waals surface area contributed by atoms with Gasteiger partial charge in [0.2, 0.25) is 0 Å². The monoisotopic (exact) mass is 381 g/mol. The highest BCUT2D eigenvalue weighted by Crippen LogP contribution is 2.35. The van der Waals surface area contributed by atoms with E-state index in [4.69, 9.17) is 12.2 Å². The molecule has 0 radical (unpaired) electrons. The molecule has 0 N–H and O–H groups in total. The van der Waals surface area contributed by atoms with Crippen LogP contribution >= 0.6 is 24.0 Å². The summed E-state index contributed by atoms with van der Waals surface area (Å²) < 4.78 is 0.541. The van der Waals surface area contributed by atoms with E-state index in [9.17, 15) is 4.79 Å². The summed E-state index contributed by atoms with van der Waals surface area (Å²) in [6.07, 6.45) is 9.10. The Hall–Kier alpha value is -2.18. The summed E-state index contributed by atoms with van der Waals surface area (Å²) in [7, 11) is 0.